The Morgan fingerprint density at radius 2 is 2.29 bits per heavy atom. The Balaban J connectivity index is 1.85. The number of piperidine rings is 1. The van der Waals surface area contributed by atoms with Crippen LogP contribution < -0.4 is 10.1 Å². The monoisotopic (exact) mass is 367 g/mol. The van der Waals surface area contributed by atoms with Crippen molar-refractivity contribution in [3.05, 3.63) is 38.8 Å². The molecule has 0 spiro atoms. The maximum Gasteiger partial charge on any atom is 0.316 e. The molecule has 2 aromatic rings. The van der Waals surface area contributed by atoms with Crippen LogP contribution in [0.3, 0.4) is 0 Å². The van der Waals surface area contributed by atoms with Crippen LogP contribution in [0, 0.1) is 0 Å². The maximum absolute atomic E-state index is 9.31. The number of hydrogen-bond acceptors (Lipinski definition) is 6. The predicted octanol–water partition coefficient (Wildman–Crippen LogP) is 3.33. The number of nitrogens with zero attached hydrogens (tertiary/aromatic N) is 2. The number of thiophene rings is 1. The number of aliphatic hydroxyl groups is 1. The Morgan fingerprint density at radius 1 is 1.46 bits per heavy atom. The molecular weight excluding hydrogens is 346 g/mol. The average Bonchev–Trinajstić information content (AvgIpc) is 2.95. The van der Waals surface area contributed by atoms with Crippen molar-refractivity contribution in [2.75, 3.05) is 13.7 Å². The number of aromatic nitrogens is 2. The lowest BCUT2D eigenvalue weighted by Crippen LogP contribution is -2.38. The highest BCUT2D eigenvalue weighted by molar-refractivity contribution is 7.16. The van der Waals surface area contributed by atoms with Crippen LogP contribution in [0.2, 0.25) is 4.34 Å². The van der Waals surface area contributed by atoms with Gasteiger partial charge >= 0.3 is 6.01 Å². The Morgan fingerprint density at radius 3 is 3.04 bits per heavy atom. The molecular formula is C17H22ClN3O2S. The molecule has 2 aromatic heterocycles. The minimum atomic E-state index is 0.146. The highest BCUT2D eigenvalue weighted by Gasteiger charge is 2.31. The topological polar surface area (TPSA) is 67.3 Å². The molecule has 0 aromatic carbocycles. The van der Waals surface area contributed by atoms with Crippen molar-refractivity contribution < 1.29 is 9.84 Å². The molecule has 0 bridgehead atoms. The highest BCUT2D eigenvalue weighted by atomic mass is 35.5. The maximum atomic E-state index is 9.31. The lowest BCUT2D eigenvalue weighted by Gasteiger charge is -2.34. The van der Waals surface area contributed by atoms with E-state index in [-0.39, 0.29) is 12.6 Å². The summed E-state index contributed by atoms with van der Waals surface area (Å²) in [6.07, 6.45) is 4.38. The molecule has 0 aliphatic carbocycles. The summed E-state index contributed by atoms with van der Waals surface area (Å²) in [5, 5.41) is 12.9. The van der Waals surface area contributed by atoms with E-state index in [9.17, 15) is 5.11 Å². The van der Waals surface area contributed by atoms with E-state index in [1.165, 1.54) is 10.4 Å². The van der Waals surface area contributed by atoms with Crippen LogP contribution in [-0.4, -0.2) is 34.8 Å². The van der Waals surface area contributed by atoms with Crippen LogP contribution in [0.4, 0.5) is 0 Å². The zero-order chi connectivity index (χ0) is 17.1. The number of methoxy groups -OCH3 is 1. The van der Waals surface area contributed by atoms with E-state index >= 15 is 0 Å². The van der Waals surface area contributed by atoms with Gasteiger partial charge in [0.2, 0.25) is 0 Å². The van der Waals surface area contributed by atoms with Crippen molar-refractivity contribution in [3.8, 4) is 6.01 Å². The first-order valence-electron chi connectivity index (χ1n) is 8.12. The van der Waals surface area contributed by atoms with E-state index in [4.69, 9.17) is 16.3 Å². The van der Waals surface area contributed by atoms with E-state index in [1.54, 1.807) is 24.6 Å². The molecule has 3 unspecified atom stereocenters. The Hall–Kier alpha value is -1.21. The van der Waals surface area contributed by atoms with E-state index < -0.39 is 0 Å². The van der Waals surface area contributed by atoms with Crippen LogP contribution in [0.1, 0.15) is 47.9 Å². The first-order chi connectivity index (χ1) is 11.6. The molecule has 1 aliphatic heterocycles. The Labute approximate surface area is 151 Å². The van der Waals surface area contributed by atoms with Gasteiger partial charge in [0, 0.05) is 23.7 Å². The molecule has 7 heteroatoms. The standard InChI is InChI=1S/C17H22ClN3O2S/c1-10-7-12(16-11(4-6-22)9-15(18)24-16)8-14(20-10)13-3-5-19-17(21-13)23-2/h3,5,9-10,12,14,20,22H,4,6-8H2,1-2H3. The van der Waals surface area contributed by atoms with Gasteiger partial charge in [0.15, 0.2) is 0 Å². The average molecular weight is 368 g/mol. The molecule has 0 amide bonds. The second-order valence-electron chi connectivity index (χ2n) is 6.17. The number of nitrogens with one attached hydrogen (secondary N) is 1. The number of aliphatic hydroxyl groups excluding tert-OH is 1. The molecule has 3 atom stereocenters. The van der Waals surface area contributed by atoms with Gasteiger partial charge < -0.3 is 15.2 Å². The van der Waals surface area contributed by atoms with Crippen molar-refractivity contribution >= 4 is 22.9 Å². The molecule has 3 heterocycles. The number of ether oxygens (including phenoxy) is 1. The lowest BCUT2D eigenvalue weighted by atomic mass is 9.84. The van der Waals surface area contributed by atoms with Crippen LogP contribution >= 0.6 is 22.9 Å². The zero-order valence-corrected chi connectivity index (χ0v) is 15.4. The van der Waals surface area contributed by atoms with Crippen LogP contribution in [0.5, 0.6) is 6.01 Å². The number of halogens is 1. The molecule has 2 N–H and O–H groups in total. The van der Waals surface area contributed by atoms with Gasteiger partial charge in [-0.3, -0.25) is 0 Å². The third-order valence-corrected chi connectivity index (χ3v) is 5.87. The fourth-order valence-corrected chi connectivity index (χ4v) is 4.87. The minimum Gasteiger partial charge on any atom is -0.467 e. The van der Waals surface area contributed by atoms with E-state index in [1.807, 2.05) is 12.1 Å². The van der Waals surface area contributed by atoms with Crippen molar-refractivity contribution in [2.45, 2.75) is 44.2 Å². The van der Waals surface area contributed by atoms with Crippen molar-refractivity contribution in [3.63, 3.8) is 0 Å². The molecule has 24 heavy (non-hydrogen) atoms. The Kier molecular flexibility index (Phi) is 5.71. The summed E-state index contributed by atoms with van der Waals surface area (Å²) >= 11 is 7.87. The quantitative estimate of drug-likeness (QED) is 0.848. The molecule has 1 aliphatic rings. The van der Waals surface area contributed by atoms with Crippen LogP contribution in [-0.2, 0) is 6.42 Å². The molecule has 130 valence electrons. The van der Waals surface area contributed by atoms with Gasteiger partial charge in [-0.2, -0.15) is 4.98 Å². The van der Waals surface area contributed by atoms with Gasteiger partial charge in [-0.15, -0.1) is 11.3 Å². The summed E-state index contributed by atoms with van der Waals surface area (Å²) in [6.45, 7) is 2.34. The number of rotatable bonds is 5. The summed E-state index contributed by atoms with van der Waals surface area (Å²) < 4.78 is 5.94. The van der Waals surface area contributed by atoms with E-state index in [2.05, 4.69) is 22.2 Å². The fraction of sp³-hybridized carbons (Fsp3) is 0.529. The molecule has 1 saturated heterocycles. The van der Waals surface area contributed by atoms with Gasteiger partial charge in [-0.1, -0.05) is 11.6 Å². The van der Waals surface area contributed by atoms with Crippen molar-refractivity contribution in [1.29, 1.82) is 0 Å². The third-order valence-electron chi connectivity index (χ3n) is 4.40. The van der Waals surface area contributed by atoms with Crippen molar-refractivity contribution in [1.82, 2.24) is 15.3 Å². The van der Waals surface area contributed by atoms with E-state index in [0.717, 1.165) is 22.9 Å². The smallest absolute Gasteiger partial charge is 0.316 e. The largest absolute Gasteiger partial charge is 0.467 e. The Bertz CT molecular complexity index is 694. The SMILES string of the molecule is COc1nccc(C2CC(c3sc(Cl)cc3CCO)CC(C)N2)n1. The summed E-state index contributed by atoms with van der Waals surface area (Å²) in [6, 6.07) is 4.85. The van der Waals surface area contributed by atoms with Gasteiger partial charge in [0.25, 0.3) is 0 Å². The molecule has 5 nitrogen and oxygen atoms in total. The summed E-state index contributed by atoms with van der Waals surface area (Å²) in [7, 11) is 1.58. The van der Waals surface area contributed by atoms with Gasteiger partial charge in [0.05, 0.1) is 23.2 Å². The first-order valence-corrected chi connectivity index (χ1v) is 9.32. The molecule has 1 fully saturated rings. The van der Waals surface area contributed by atoms with Crippen LogP contribution in [0.15, 0.2) is 18.3 Å². The fourth-order valence-electron chi connectivity index (χ4n) is 3.42. The highest BCUT2D eigenvalue weighted by Crippen LogP contribution is 2.42. The van der Waals surface area contributed by atoms with Crippen LogP contribution in [0.25, 0.3) is 0 Å². The summed E-state index contributed by atoms with van der Waals surface area (Å²) in [5.74, 6) is 0.409. The van der Waals surface area contributed by atoms with E-state index in [0.29, 0.717) is 24.4 Å². The summed E-state index contributed by atoms with van der Waals surface area (Å²) in [4.78, 5) is 9.87. The minimum absolute atomic E-state index is 0.146. The van der Waals surface area contributed by atoms with Gasteiger partial charge in [-0.25, -0.2) is 4.98 Å². The molecule has 3 rings (SSSR count). The van der Waals surface area contributed by atoms with Gasteiger partial charge in [-0.05, 0) is 49.8 Å². The summed E-state index contributed by atoms with van der Waals surface area (Å²) in [5.41, 5.74) is 2.12. The zero-order valence-electron chi connectivity index (χ0n) is 13.8. The van der Waals surface area contributed by atoms with Gasteiger partial charge in [0.1, 0.15) is 0 Å². The molecule has 0 radical (unpaired) electrons. The van der Waals surface area contributed by atoms with Crippen molar-refractivity contribution in [2.24, 2.45) is 0 Å². The third kappa shape index (κ3) is 3.88. The second-order valence-corrected chi connectivity index (χ2v) is 7.89. The normalized spacial score (nSPS) is 24.1. The lowest BCUT2D eigenvalue weighted by molar-refractivity contribution is 0.292. The predicted molar refractivity (Wildman–Crippen MR) is 96.0 cm³/mol. The number of hydrogen-bond donors (Lipinski definition) is 2. The molecule has 0 saturated carbocycles. The second kappa shape index (κ2) is 7.78. The first kappa shape index (κ1) is 17.6.